The summed E-state index contributed by atoms with van der Waals surface area (Å²) in [7, 11) is 2.01. The van der Waals surface area contributed by atoms with Crippen molar-refractivity contribution < 1.29 is 0 Å². The van der Waals surface area contributed by atoms with Crippen LogP contribution in [0.15, 0.2) is 36.5 Å². The minimum absolute atomic E-state index is 0.650. The molecule has 0 aliphatic heterocycles. The van der Waals surface area contributed by atoms with Gasteiger partial charge in [0.2, 0.25) is 0 Å². The normalized spacial score (nSPS) is 10.2. The highest BCUT2D eigenvalue weighted by Crippen LogP contribution is 2.17. The van der Waals surface area contributed by atoms with Crippen LogP contribution in [0.2, 0.25) is 0 Å². The number of hydrazine groups is 1. The van der Waals surface area contributed by atoms with E-state index in [0.717, 1.165) is 23.6 Å². The number of nitrogens with one attached hydrogen (secondary N) is 1. The third-order valence-electron chi connectivity index (χ3n) is 2.68. The number of nitrogens with two attached hydrogens (primary N) is 1. The molecule has 2 rings (SSSR count). The number of aromatic nitrogens is 2. The Morgan fingerprint density at radius 3 is 2.89 bits per heavy atom. The van der Waals surface area contributed by atoms with Gasteiger partial charge in [-0.1, -0.05) is 6.07 Å². The second-order valence-corrected chi connectivity index (χ2v) is 4.17. The lowest BCUT2D eigenvalue weighted by atomic mass is 10.3. The highest BCUT2D eigenvalue weighted by atomic mass is 15.2. The van der Waals surface area contributed by atoms with E-state index in [9.17, 15) is 0 Å². The van der Waals surface area contributed by atoms with Crippen LogP contribution in [0, 0.1) is 6.92 Å². The van der Waals surface area contributed by atoms with Crippen molar-refractivity contribution in [1.29, 1.82) is 0 Å². The van der Waals surface area contributed by atoms with Crippen molar-refractivity contribution in [2.75, 3.05) is 17.4 Å². The maximum Gasteiger partial charge on any atom is 0.141 e. The molecule has 18 heavy (non-hydrogen) atoms. The highest BCUT2D eigenvalue weighted by Gasteiger charge is 2.04. The molecule has 0 aromatic carbocycles. The van der Waals surface area contributed by atoms with Gasteiger partial charge in [0.05, 0.1) is 12.2 Å². The Bertz CT molecular complexity index is 526. The van der Waals surface area contributed by atoms with Gasteiger partial charge in [-0.15, -0.1) is 0 Å². The van der Waals surface area contributed by atoms with Crippen molar-refractivity contribution in [3.05, 3.63) is 47.9 Å². The van der Waals surface area contributed by atoms with Crippen molar-refractivity contribution in [1.82, 2.24) is 9.97 Å². The van der Waals surface area contributed by atoms with E-state index in [1.54, 1.807) is 6.20 Å². The molecule has 3 N–H and O–H groups in total. The molecule has 2 aromatic heterocycles. The molecule has 0 unspecified atom stereocenters. The fourth-order valence-corrected chi connectivity index (χ4v) is 1.76. The Kier molecular flexibility index (Phi) is 3.74. The molecule has 5 nitrogen and oxygen atoms in total. The number of hydrogen-bond donors (Lipinski definition) is 2. The SMILES string of the molecule is Cc1cccc(CN(C)c2ccnc(NN)c2)n1. The number of nitrogens with zero attached hydrogens (tertiary/aromatic N) is 3. The van der Waals surface area contributed by atoms with E-state index in [4.69, 9.17) is 5.84 Å². The molecule has 0 radical (unpaired) electrons. The molecule has 94 valence electrons. The van der Waals surface area contributed by atoms with Gasteiger partial charge >= 0.3 is 0 Å². The molecule has 2 aromatic rings. The molecule has 0 atom stereocenters. The van der Waals surface area contributed by atoms with Crippen LogP contribution in [-0.2, 0) is 6.54 Å². The largest absolute Gasteiger partial charge is 0.369 e. The van der Waals surface area contributed by atoms with E-state index in [1.165, 1.54) is 0 Å². The number of rotatable bonds is 4. The molecule has 0 saturated carbocycles. The second-order valence-electron chi connectivity index (χ2n) is 4.17. The molecule has 0 spiro atoms. The van der Waals surface area contributed by atoms with Crippen LogP contribution < -0.4 is 16.2 Å². The van der Waals surface area contributed by atoms with Crippen LogP contribution in [0.25, 0.3) is 0 Å². The molecular weight excluding hydrogens is 226 g/mol. The quantitative estimate of drug-likeness (QED) is 0.632. The van der Waals surface area contributed by atoms with Crippen LogP contribution in [0.3, 0.4) is 0 Å². The van der Waals surface area contributed by atoms with Gasteiger partial charge in [-0.05, 0) is 25.1 Å². The number of pyridine rings is 2. The number of hydrogen-bond acceptors (Lipinski definition) is 5. The minimum Gasteiger partial charge on any atom is -0.369 e. The van der Waals surface area contributed by atoms with E-state index in [1.807, 2.05) is 44.3 Å². The first-order valence-electron chi connectivity index (χ1n) is 5.75. The Balaban J connectivity index is 2.13. The maximum atomic E-state index is 5.35. The fraction of sp³-hybridized carbons (Fsp3) is 0.231. The fourth-order valence-electron chi connectivity index (χ4n) is 1.76. The molecule has 0 bridgehead atoms. The molecule has 0 amide bonds. The van der Waals surface area contributed by atoms with Crippen LogP contribution in [-0.4, -0.2) is 17.0 Å². The van der Waals surface area contributed by atoms with Crippen LogP contribution >= 0.6 is 0 Å². The monoisotopic (exact) mass is 243 g/mol. The summed E-state index contributed by atoms with van der Waals surface area (Å²) in [5.41, 5.74) is 5.65. The zero-order valence-electron chi connectivity index (χ0n) is 10.6. The number of aryl methyl sites for hydroxylation is 1. The number of nitrogen functional groups attached to an aromatic ring is 1. The van der Waals surface area contributed by atoms with Gasteiger partial charge in [-0.25, -0.2) is 10.8 Å². The third-order valence-corrected chi connectivity index (χ3v) is 2.68. The topological polar surface area (TPSA) is 67.1 Å². The predicted molar refractivity (Wildman–Crippen MR) is 73.1 cm³/mol. The van der Waals surface area contributed by atoms with Gasteiger partial charge in [0.1, 0.15) is 5.82 Å². The van der Waals surface area contributed by atoms with Crippen molar-refractivity contribution in [2.24, 2.45) is 5.84 Å². The van der Waals surface area contributed by atoms with Gasteiger partial charge in [0.25, 0.3) is 0 Å². The third kappa shape index (κ3) is 2.95. The van der Waals surface area contributed by atoms with Gasteiger partial charge in [0.15, 0.2) is 0 Å². The van der Waals surface area contributed by atoms with Gasteiger partial charge in [0, 0.05) is 30.7 Å². The second kappa shape index (κ2) is 5.46. The summed E-state index contributed by atoms with van der Waals surface area (Å²) < 4.78 is 0. The highest BCUT2D eigenvalue weighted by molar-refractivity contribution is 5.52. The van der Waals surface area contributed by atoms with Crippen LogP contribution in [0.1, 0.15) is 11.4 Å². The average Bonchev–Trinajstić information content (AvgIpc) is 2.39. The smallest absolute Gasteiger partial charge is 0.141 e. The molecule has 5 heteroatoms. The summed E-state index contributed by atoms with van der Waals surface area (Å²) >= 11 is 0. The molecule has 0 aliphatic rings. The Hall–Kier alpha value is -2.14. The van der Waals surface area contributed by atoms with E-state index in [2.05, 4.69) is 20.3 Å². The van der Waals surface area contributed by atoms with Gasteiger partial charge < -0.3 is 10.3 Å². The van der Waals surface area contributed by atoms with E-state index in [-0.39, 0.29) is 0 Å². The standard InChI is InChI=1S/C13H17N5/c1-10-4-3-5-11(16-10)9-18(2)12-6-7-15-13(8-12)17-14/h3-8H,9,14H2,1-2H3,(H,15,17). The van der Waals surface area contributed by atoms with Crippen molar-refractivity contribution in [3.63, 3.8) is 0 Å². The van der Waals surface area contributed by atoms with Crippen molar-refractivity contribution >= 4 is 11.5 Å². The molecule has 2 heterocycles. The summed E-state index contributed by atoms with van der Waals surface area (Å²) in [6.07, 6.45) is 1.73. The van der Waals surface area contributed by atoms with E-state index in [0.29, 0.717) is 5.82 Å². The van der Waals surface area contributed by atoms with Crippen molar-refractivity contribution in [2.45, 2.75) is 13.5 Å². The van der Waals surface area contributed by atoms with E-state index >= 15 is 0 Å². The summed E-state index contributed by atoms with van der Waals surface area (Å²) in [6.45, 7) is 2.74. The number of anilines is 2. The summed E-state index contributed by atoms with van der Waals surface area (Å²) in [5, 5.41) is 0. The summed E-state index contributed by atoms with van der Waals surface area (Å²) in [6, 6.07) is 9.87. The van der Waals surface area contributed by atoms with Crippen LogP contribution in [0.5, 0.6) is 0 Å². The van der Waals surface area contributed by atoms with E-state index < -0.39 is 0 Å². The molecule has 0 aliphatic carbocycles. The summed E-state index contributed by atoms with van der Waals surface area (Å²) in [4.78, 5) is 10.7. The van der Waals surface area contributed by atoms with Crippen molar-refractivity contribution in [3.8, 4) is 0 Å². The lowest BCUT2D eigenvalue weighted by molar-refractivity contribution is 0.875. The first-order valence-corrected chi connectivity index (χ1v) is 5.75. The summed E-state index contributed by atoms with van der Waals surface area (Å²) in [5.74, 6) is 6.00. The first-order chi connectivity index (χ1) is 8.69. The first kappa shape index (κ1) is 12.3. The molecule has 0 fully saturated rings. The Labute approximate surface area is 107 Å². The Morgan fingerprint density at radius 1 is 1.33 bits per heavy atom. The predicted octanol–water partition coefficient (Wildman–Crippen LogP) is 1.71. The zero-order valence-corrected chi connectivity index (χ0v) is 10.6. The average molecular weight is 243 g/mol. The molecule has 0 saturated heterocycles. The molecular formula is C13H17N5. The van der Waals surface area contributed by atoms with Gasteiger partial charge in [-0.3, -0.25) is 4.98 Å². The van der Waals surface area contributed by atoms with Crippen LogP contribution in [0.4, 0.5) is 11.5 Å². The Morgan fingerprint density at radius 2 is 2.17 bits per heavy atom. The van der Waals surface area contributed by atoms with Gasteiger partial charge in [-0.2, -0.15) is 0 Å². The maximum absolute atomic E-state index is 5.35. The zero-order chi connectivity index (χ0) is 13.0. The minimum atomic E-state index is 0.650. The lowest BCUT2D eigenvalue weighted by Gasteiger charge is -2.19. The lowest BCUT2D eigenvalue weighted by Crippen LogP contribution is -2.18.